The van der Waals surface area contributed by atoms with Crippen LogP contribution in [0.4, 0.5) is 0 Å². The van der Waals surface area contributed by atoms with Crippen LogP contribution in [0.15, 0.2) is 35.6 Å². The molecule has 1 atom stereocenters. The number of ether oxygens (including phenoxy) is 2. The molecule has 1 aliphatic heterocycles. The standard InChI is InChI=1S/C17H21NO5/c1-11(19)14-15(12-5-7-13(23-3)8-6-12)18(9-4-10-22-2)17(21)16(14)20/h5-8,15,20H,4,9-10H2,1-3H3/t15-/m1/s1. The molecule has 0 unspecified atom stereocenters. The first-order valence-electron chi connectivity index (χ1n) is 7.39. The van der Waals surface area contributed by atoms with E-state index in [0.717, 1.165) is 5.56 Å². The molecule has 0 spiro atoms. The van der Waals surface area contributed by atoms with Crippen molar-refractivity contribution in [1.82, 2.24) is 4.90 Å². The van der Waals surface area contributed by atoms with Crippen molar-refractivity contribution in [1.29, 1.82) is 0 Å². The van der Waals surface area contributed by atoms with Gasteiger partial charge < -0.3 is 19.5 Å². The van der Waals surface area contributed by atoms with Crippen molar-refractivity contribution in [2.75, 3.05) is 27.4 Å². The number of benzene rings is 1. The maximum atomic E-state index is 12.3. The van der Waals surface area contributed by atoms with E-state index < -0.39 is 17.7 Å². The third-order valence-electron chi connectivity index (χ3n) is 3.86. The molecule has 0 fully saturated rings. The average molecular weight is 319 g/mol. The van der Waals surface area contributed by atoms with E-state index in [2.05, 4.69) is 0 Å². The fourth-order valence-electron chi connectivity index (χ4n) is 2.76. The van der Waals surface area contributed by atoms with Crippen LogP contribution in [0.1, 0.15) is 24.9 Å². The number of aliphatic hydroxyl groups is 1. The normalized spacial score (nSPS) is 17.8. The molecule has 124 valence electrons. The molecule has 23 heavy (non-hydrogen) atoms. The molecule has 0 aromatic heterocycles. The topological polar surface area (TPSA) is 76.1 Å². The molecule has 6 heteroatoms. The summed E-state index contributed by atoms with van der Waals surface area (Å²) in [6.07, 6.45) is 0.618. The summed E-state index contributed by atoms with van der Waals surface area (Å²) in [6.45, 7) is 2.24. The van der Waals surface area contributed by atoms with E-state index in [9.17, 15) is 14.7 Å². The number of nitrogens with zero attached hydrogens (tertiary/aromatic N) is 1. The Hall–Kier alpha value is -2.34. The molecule has 1 aromatic carbocycles. The second kappa shape index (κ2) is 7.28. The lowest BCUT2D eigenvalue weighted by molar-refractivity contribution is -0.129. The zero-order valence-corrected chi connectivity index (χ0v) is 13.5. The van der Waals surface area contributed by atoms with Gasteiger partial charge in [-0.3, -0.25) is 9.59 Å². The summed E-state index contributed by atoms with van der Waals surface area (Å²) in [5, 5.41) is 10.1. The SMILES string of the molecule is COCCCN1C(=O)C(O)=C(C(C)=O)[C@H]1c1ccc(OC)cc1. The molecule has 1 amide bonds. The maximum absolute atomic E-state index is 12.3. The second-order valence-corrected chi connectivity index (χ2v) is 5.34. The summed E-state index contributed by atoms with van der Waals surface area (Å²) >= 11 is 0. The van der Waals surface area contributed by atoms with Gasteiger partial charge in [0.2, 0.25) is 0 Å². The van der Waals surface area contributed by atoms with Gasteiger partial charge in [-0.25, -0.2) is 0 Å². The highest BCUT2D eigenvalue weighted by molar-refractivity contribution is 6.08. The number of hydrogen-bond donors (Lipinski definition) is 1. The fraction of sp³-hybridized carbons (Fsp3) is 0.412. The predicted octanol–water partition coefficient (Wildman–Crippen LogP) is 2.02. The third-order valence-corrected chi connectivity index (χ3v) is 3.86. The van der Waals surface area contributed by atoms with Crippen LogP contribution in [0.2, 0.25) is 0 Å². The van der Waals surface area contributed by atoms with Crippen LogP contribution in [-0.4, -0.2) is 49.1 Å². The molecule has 1 aromatic rings. The van der Waals surface area contributed by atoms with Crippen molar-refractivity contribution in [2.24, 2.45) is 0 Å². The van der Waals surface area contributed by atoms with Crippen LogP contribution in [0, 0.1) is 0 Å². The number of Topliss-reactive ketones (excluding diaryl/α,β-unsaturated/α-hetero) is 1. The monoisotopic (exact) mass is 319 g/mol. The Morgan fingerprint density at radius 3 is 2.43 bits per heavy atom. The van der Waals surface area contributed by atoms with E-state index in [1.54, 1.807) is 38.5 Å². The lowest BCUT2D eigenvalue weighted by atomic mass is 9.96. The number of carbonyl (C=O) groups is 2. The highest BCUT2D eigenvalue weighted by Crippen LogP contribution is 2.38. The second-order valence-electron chi connectivity index (χ2n) is 5.34. The summed E-state index contributed by atoms with van der Waals surface area (Å²) in [6, 6.07) is 6.53. The predicted molar refractivity (Wildman–Crippen MR) is 84.3 cm³/mol. The third kappa shape index (κ3) is 3.37. The van der Waals surface area contributed by atoms with Crippen LogP contribution in [0.5, 0.6) is 5.75 Å². The van der Waals surface area contributed by atoms with Gasteiger partial charge in [0.05, 0.1) is 18.7 Å². The first-order valence-corrected chi connectivity index (χ1v) is 7.39. The highest BCUT2D eigenvalue weighted by atomic mass is 16.5. The molecule has 0 bridgehead atoms. The molecule has 0 radical (unpaired) electrons. The minimum absolute atomic E-state index is 0.137. The zero-order chi connectivity index (χ0) is 17.0. The van der Waals surface area contributed by atoms with E-state index in [0.29, 0.717) is 25.3 Å². The molecule has 1 N–H and O–H groups in total. The van der Waals surface area contributed by atoms with Crippen molar-refractivity contribution in [2.45, 2.75) is 19.4 Å². The van der Waals surface area contributed by atoms with Gasteiger partial charge in [-0.1, -0.05) is 12.1 Å². The summed E-state index contributed by atoms with van der Waals surface area (Å²) in [5.41, 5.74) is 0.892. The highest BCUT2D eigenvalue weighted by Gasteiger charge is 2.41. The molecule has 0 saturated carbocycles. The van der Waals surface area contributed by atoms with Crippen LogP contribution in [0.25, 0.3) is 0 Å². The van der Waals surface area contributed by atoms with Gasteiger partial charge in [0.1, 0.15) is 5.75 Å². The maximum Gasteiger partial charge on any atom is 0.290 e. The quantitative estimate of drug-likeness (QED) is 0.778. The van der Waals surface area contributed by atoms with E-state index in [1.807, 2.05) is 0 Å². The Labute approximate surface area is 135 Å². The van der Waals surface area contributed by atoms with Crippen molar-refractivity contribution >= 4 is 11.7 Å². The van der Waals surface area contributed by atoms with E-state index in [4.69, 9.17) is 9.47 Å². The minimum atomic E-state index is -0.581. The summed E-state index contributed by atoms with van der Waals surface area (Å²) < 4.78 is 10.1. The first-order chi connectivity index (χ1) is 11.0. The van der Waals surface area contributed by atoms with E-state index >= 15 is 0 Å². The van der Waals surface area contributed by atoms with Crippen LogP contribution < -0.4 is 4.74 Å². The summed E-state index contributed by atoms with van der Waals surface area (Å²) in [5.74, 6) is -0.615. The van der Waals surface area contributed by atoms with Gasteiger partial charge in [-0.05, 0) is 31.0 Å². The van der Waals surface area contributed by atoms with Gasteiger partial charge in [0.25, 0.3) is 5.91 Å². The van der Waals surface area contributed by atoms with Crippen molar-refractivity contribution in [3.05, 3.63) is 41.2 Å². The average Bonchev–Trinajstić information content (AvgIpc) is 2.80. The minimum Gasteiger partial charge on any atom is -0.503 e. The van der Waals surface area contributed by atoms with Gasteiger partial charge in [-0.15, -0.1) is 0 Å². The number of ketones is 1. The number of amides is 1. The molecule has 6 nitrogen and oxygen atoms in total. The van der Waals surface area contributed by atoms with Crippen LogP contribution in [-0.2, 0) is 14.3 Å². The van der Waals surface area contributed by atoms with Crippen molar-refractivity contribution in [3.8, 4) is 5.75 Å². The number of rotatable bonds is 7. The van der Waals surface area contributed by atoms with Crippen LogP contribution >= 0.6 is 0 Å². The van der Waals surface area contributed by atoms with Gasteiger partial charge in [-0.2, -0.15) is 0 Å². The fourth-order valence-corrected chi connectivity index (χ4v) is 2.76. The Kier molecular flexibility index (Phi) is 5.39. The van der Waals surface area contributed by atoms with E-state index in [-0.39, 0.29) is 11.4 Å². The Morgan fingerprint density at radius 2 is 1.91 bits per heavy atom. The Balaban J connectivity index is 2.38. The Bertz CT molecular complexity index is 620. The Morgan fingerprint density at radius 1 is 1.26 bits per heavy atom. The van der Waals surface area contributed by atoms with Gasteiger partial charge >= 0.3 is 0 Å². The number of hydrogen-bond acceptors (Lipinski definition) is 5. The lowest BCUT2D eigenvalue weighted by Crippen LogP contribution is -2.32. The summed E-state index contributed by atoms with van der Waals surface area (Å²) in [7, 11) is 3.15. The summed E-state index contributed by atoms with van der Waals surface area (Å²) in [4.78, 5) is 25.8. The molecular weight excluding hydrogens is 298 g/mol. The molecule has 1 heterocycles. The zero-order valence-electron chi connectivity index (χ0n) is 13.5. The molecule has 0 aliphatic carbocycles. The smallest absolute Gasteiger partial charge is 0.290 e. The van der Waals surface area contributed by atoms with Gasteiger partial charge in [0.15, 0.2) is 11.5 Å². The molecular formula is C17H21NO5. The molecule has 0 saturated heterocycles. The number of aliphatic hydroxyl groups excluding tert-OH is 1. The first kappa shape index (κ1) is 17.0. The molecule has 1 aliphatic rings. The number of methoxy groups -OCH3 is 2. The van der Waals surface area contributed by atoms with Crippen LogP contribution in [0.3, 0.4) is 0 Å². The lowest BCUT2D eigenvalue weighted by Gasteiger charge is -2.26. The van der Waals surface area contributed by atoms with Crippen molar-refractivity contribution in [3.63, 3.8) is 0 Å². The van der Waals surface area contributed by atoms with Gasteiger partial charge in [0, 0.05) is 20.3 Å². The number of carbonyl (C=O) groups excluding carboxylic acids is 2. The molecule has 2 rings (SSSR count). The van der Waals surface area contributed by atoms with E-state index in [1.165, 1.54) is 11.8 Å². The van der Waals surface area contributed by atoms with Crippen molar-refractivity contribution < 1.29 is 24.2 Å². The largest absolute Gasteiger partial charge is 0.503 e.